The molecule has 0 aliphatic rings. The lowest BCUT2D eigenvalue weighted by atomic mass is 10.1. The van der Waals surface area contributed by atoms with Gasteiger partial charge < -0.3 is 10.2 Å². The molecule has 2 N–H and O–H groups in total. The van der Waals surface area contributed by atoms with Gasteiger partial charge in [0, 0.05) is 12.1 Å². The van der Waals surface area contributed by atoms with Crippen molar-refractivity contribution in [1.82, 2.24) is 4.57 Å². The highest BCUT2D eigenvalue weighted by molar-refractivity contribution is 5.87. The number of azo groups is 1. The highest BCUT2D eigenvalue weighted by atomic mass is 16.4. The van der Waals surface area contributed by atoms with Gasteiger partial charge in [-0.05, 0) is 37.6 Å². The fourth-order valence-electron chi connectivity index (χ4n) is 2.27. The zero-order valence-corrected chi connectivity index (χ0v) is 13.7. The van der Waals surface area contributed by atoms with Gasteiger partial charge in [0.15, 0.2) is 5.69 Å². The number of nitriles is 1. The zero-order valence-electron chi connectivity index (χ0n) is 13.7. The molecule has 1 heterocycles. The van der Waals surface area contributed by atoms with Gasteiger partial charge >= 0.3 is 5.97 Å². The second kappa shape index (κ2) is 7.40. The third kappa shape index (κ3) is 3.55. The molecule has 128 valence electrons. The van der Waals surface area contributed by atoms with Crippen LogP contribution in [-0.4, -0.2) is 20.7 Å². The molecule has 0 saturated carbocycles. The Morgan fingerprint density at radius 3 is 2.44 bits per heavy atom. The number of benzene rings is 1. The van der Waals surface area contributed by atoms with E-state index in [4.69, 9.17) is 5.11 Å². The standard InChI is InChI=1S/C17H16N4O4/c1-3-8-21-15(22)13(9-18)10(2)14(16(21)23)20-19-12-6-4-11(5-7-12)17(24)25/h4-7,22H,3,8H2,1-2H3,(H,24,25). The maximum absolute atomic E-state index is 12.5. The molecule has 2 rings (SSSR count). The summed E-state index contributed by atoms with van der Waals surface area (Å²) in [5.74, 6) is -1.43. The Balaban J connectivity index is 2.52. The number of nitrogens with zero attached hydrogens (tertiary/aromatic N) is 4. The van der Waals surface area contributed by atoms with Crippen molar-refractivity contribution in [3.05, 3.63) is 51.3 Å². The van der Waals surface area contributed by atoms with E-state index in [0.717, 1.165) is 4.57 Å². The molecule has 0 saturated heterocycles. The van der Waals surface area contributed by atoms with E-state index in [9.17, 15) is 20.0 Å². The molecule has 0 aliphatic carbocycles. The number of carboxylic acid groups (broad SMARTS) is 1. The molecule has 0 bridgehead atoms. The van der Waals surface area contributed by atoms with Gasteiger partial charge in [-0.15, -0.1) is 5.11 Å². The number of pyridine rings is 1. The number of hydrogen-bond acceptors (Lipinski definition) is 6. The zero-order chi connectivity index (χ0) is 18.6. The average Bonchev–Trinajstić information content (AvgIpc) is 2.59. The van der Waals surface area contributed by atoms with Crippen molar-refractivity contribution in [2.45, 2.75) is 26.8 Å². The molecular weight excluding hydrogens is 324 g/mol. The molecule has 0 unspecified atom stereocenters. The van der Waals surface area contributed by atoms with Gasteiger partial charge in [0.2, 0.25) is 5.88 Å². The van der Waals surface area contributed by atoms with Crippen molar-refractivity contribution in [2.75, 3.05) is 0 Å². The van der Waals surface area contributed by atoms with Gasteiger partial charge in [-0.1, -0.05) is 6.92 Å². The molecular formula is C17H16N4O4. The van der Waals surface area contributed by atoms with Crippen LogP contribution >= 0.6 is 0 Å². The molecule has 0 spiro atoms. The fraction of sp³-hybridized carbons (Fsp3) is 0.235. The summed E-state index contributed by atoms with van der Waals surface area (Å²) in [6.07, 6.45) is 0.592. The third-order valence-corrected chi connectivity index (χ3v) is 3.60. The Morgan fingerprint density at radius 2 is 1.92 bits per heavy atom. The van der Waals surface area contributed by atoms with Gasteiger partial charge in [0.05, 0.1) is 11.3 Å². The number of hydrogen-bond donors (Lipinski definition) is 2. The monoisotopic (exact) mass is 340 g/mol. The van der Waals surface area contributed by atoms with Crippen LogP contribution in [0.15, 0.2) is 39.3 Å². The van der Waals surface area contributed by atoms with Crippen LogP contribution in [0.5, 0.6) is 5.88 Å². The number of rotatable bonds is 5. The largest absolute Gasteiger partial charge is 0.493 e. The van der Waals surface area contributed by atoms with Crippen LogP contribution in [0.4, 0.5) is 11.4 Å². The molecule has 1 aromatic carbocycles. The summed E-state index contributed by atoms with van der Waals surface area (Å²) in [4.78, 5) is 23.3. The topological polar surface area (TPSA) is 128 Å². The van der Waals surface area contributed by atoms with E-state index in [0.29, 0.717) is 12.1 Å². The smallest absolute Gasteiger partial charge is 0.335 e. The lowest BCUT2D eigenvalue weighted by molar-refractivity contribution is 0.0697. The lowest BCUT2D eigenvalue weighted by Gasteiger charge is -2.11. The Bertz CT molecular complexity index is 937. The predicted octanol–water partition coefficient (Wildman–Crippen LogP) is 3.26. The summed E-state index contributed by atoms with van der Waals surface area (Å²) in [7, 11) is 0. The summed E-state index contributed by atoms with van der Waals surface area (Å²) in [5.41, 5.74) is 0.104. The normalized spacial score (nSPS) is 10.8. The number of aromatic carboxylic acids is 1. The SMILES string of the molecule is CCCn1c(O)c(C#N)c(C)c(N=Nc2ccc(C(=O)O)cc2)c1=O. The Morgan fingerprint density at radius 1 is 1.28 bits per heavy atom. The van der Waals surface area contributed by atoms with Crippen molar-refractivity contribution in [3.63, 3.8) is 0 Å². The van der Waals surface area contributed by atoms with Crippen molar-refractivity contribution in [1.29, 1.82) is 5.26 Å². The summed E-state index contributed by atoms with van der Waals surface area (Å²) in [6, 6.07) is 7.53. The molecule has 2 aromatic rings. The van der Waals surface area contributed by atoms with Crippen molar-refractivity contribution >= 4 is 17.3 Å². The molecule has 1 aromatic heterocycles. The first kappa shape index (κ1) is 17.9. The quantitative estimate of drug-likeness (QED) is 0.807. The minimum absolute atomic E-state index is 0.0248. The Hall–Kier alpha value is -3.47. The van der Waals surface area contributed by atoms with Crippen LogP contribution in [0.2, 0.25) is 0 Å². The van der Waals surface area contributed by atoms with Gasteiger partial charge in [-0.3, -0.25) is 9.36 Å². The van der Waals surface area contributed by atoms with Crippen LogP contribution < -0.4 is 5.56 Å². The van der Waals surface area contributed by atoms with E-state index >= 15 is 0 Å². The summed E-state index contributed by atoms with van der Waals surface area (Å²) >= 11 is 0. The first-order chi connectivity index (χ1) is 11.9. The number of carbonyl (C=O) groups is 1. The third-order valence-electron chi connectivity index (χ3n) is 3.60. The molecule has 0 amide bonds. The average molecular weight is 340 g/mol. The minimum Gasteiger partial charge on any atom is -0.493 e. The number of carboxylic acids is 1. The van der Waals surface area contributed by atoms with Gasteiger partial charge in [-0.25, -0.2) is 4.79 Å². The number of aromatic hydroxyl groups is 1. The van der Waals surface area contributed by atoms with Crippen molar-refractivity contribution in [3.8, 4) is 11.9 Å². The second-order valence-electron chi connectivity index (χ2n) is 5.29. The van der Waals surface area contributed by atoms with Crippen LogP contribution in [0.1, 0.15) is 34.8 Å². The van der Waals surface area contributed by atoms with Crippen LogP contribution in [-0.2, 0) is 6.54 Å². The van der Waals surface area contributed by atoms with E-state index in [1.807, 2.05) is 13.0 Å². The lowest BCUT2D eigenvalue weighted by Crippen LogP contribution is -2.21. The van der Waals surface area contributed by atoms with Crippen molar-refractivity contribution in [2.24, 2.45) is 10.2 Å². The van der Waals surface area contributed by atoms with Crippen LogP contribution in [0, 0.1) is 18.3 Å². The number of aromatic nitrogens is 1. The highest BCUT2D eigenvalue weighted by Gasteiger charge is 2.18. The van der Waals surface area contributed by atoms with E-state index in [-0.39, 0.29) is 34.8 Å². The van der Waals surface area contributed by atoms with Gasteiger partial charge in [0.1, 0.15) is 11.6 Å². The van der Waals surface area contributed by atoms with Crippen LogP contribution in [0.25, 0.3) is 0 Å². The maximum Gasteiger partial charge on any atom is 0.335 e. The highest BCUT2D eigenvalue weighted by Crippen LogP contribution is 2.27. The summed E-state index contributed by atoms with van der Waals surface area (Å²) in [6.45, 7) is 3.59. The molecule has 25 heavy (non-hydrogen) atoms. The summed E-state index contributed by atoms with van der Waals surface area (Å²) in [5, 5.41) is 36.0. The minimum atomic E-state index is -1.06. The fourth-order valence-corrected chi connectivity index (χ4v) is 2.27. The first-order valence-electron chi connectivity index (χ1n) is 7.52. The molecule has 0 fully saturated rings. The molecule has 8 nitrogen and oxygen atoms in total. The van der Waals surface area contributed by atoms with Crippen LogP contribution in [0.3, 0.4) is 0 Å². The van der Waals surface area contributed by atoms with E-state index in [1.165, 1.54) is 31.2 Å². The van der Waals surface area contributed by atoms with E-state index in [2.05, 4.69) is 10.2 Å². The molecule has 0 radical (unpaired) electrons. The summed E-state index contributed by atoms with van der Waals surface area (Å²) < 4.78 is 1.09. The molecule has 0 aliphatic heterocycles. The maximum atomic E-state index is 12.5. The first-order valence-corrected chi connectivity index (χ1v) is 7.52. The molecule has 0 atom stereocenters. The Kier molecular flexibility index (Phi) is 5.29. The van der Waals surface area contributed by atoms with Crippen molar-refractivity contribution < 1.29 is 15.0 Å². The van der Waals surface area contributed by atoms with Gasteiger partial charge in [-0.2, -0.15) is 10.4 Å². The van der Waals surface area contributed by atoms with E-state index < -0.39 is 11.5 Å². The van der Waals surface area contributed by atoms with Gasteiger partial charge in [0.25, 0.3) is 5.56 Å². The van der Waals surface area contributed by atoms with E-state index in [1.54, 1.807) is 0 Å². The predicted molar refractivity (Wildman–Crippen MR) is 89.7 cm³/mol. The molecule has 8 heteroatoms. The second-order valence-corrected chi connectivity index (χ2v) is 5.29. The Labute approximate surface area is 143 Å².